The van der Waals surface area contributed by atoms with Gasteiger partial charge in [0.1, 0.15) is 13.2 Å². The van der Waals surface area contributed by atoms with Gasteiger partial charge in [0, 0.05) is 19.3 Å². The number of carbonyl (C=O) groups is 3. The van der Waals surface area contributed by atoms with Crippen LogP contribution in [0.4, 0.5) is 0 Å². The summed E-state index contributed by atoms with van der Waals surface area (Å²) in [6.45, 7) is 6.52. The number of esters is 3. The number of allylic oxidation sites excluding steroid dienone is 12. The van der Waals surface area contributed by atoms with Crippen LogP contribution in [0.5, 0.6) is 0 Å². The minimum atomic E-state index is -0.785. The molecule has 0 rings (SSSR count). The third-order valence-electron chi connectivity index (χ3n) is 12.4. The predicted molar refractivity (Wildman–Crippen MR) is 293 cm³/mol. The Balaban J connectivity index is 4.40. The molecule has 0 aromatic heterocycles. The number of unbranched alkanes of at least 4 members (excludes halogenated alkanes) is 29. The molecule has 0 radical (unpaired) electrons. The molecule has 0 N–H and O–H groups in total. The average Bonchev–Trinajstić information content (AvgIpc) is 3.34. The summed E-state index contributed by atoms with van der Waals surface area (Å²) >= 11 is 0. The van der Waals surface area contributed by atoms with Crippen LogP contribution in [-0.4, -0.2) is 37.2 Å². The summed E-state index contributed by atoms with van der Waals surface area (Å²) in [5, 5.41) is 0. The highest BCUT2D eigenvalue weighted by atomic mass is 16.6. The van der Waals surface area contributed by atoms with Crippen molar-refractivity contribution in [3.05, 3.63) is 72.9 Å². The molecule has 0 saturated heterocycles. The van der Waals surface area contributed by atoms with Crippen molar-refractivity contribution in [1.29, 1.82) is 0 Å². The van der Waals surface area contributed by atoms with Crippen LogP contribution < -0.4 is 0 Å². The maximum absolute atomic E-state index is 12.8. The number of ether oxygens (including phenoxy) is 3. The Morgan fingerprint density at radius 2 is 0.574 bits per heavy atom. The monoisotopic (exact) mass is 949 g/mol. The first-order chi connectivity index (χ1) is 33.5. The molecule has 0 aliphatic rings. The molecule has 0 fully saturated rings. The standard InChI is InChI=1S/C62H108O6/c1-4-7-10-13-16-19-22-25-28-29-30-31-32-33-35-37-40-43-46-49-52-55-61(64)67-58-59(57-66-60(63)54-51-48-45-42-39-36-27-24-21-18-15-12-9-6-3)68-62(65)56-53-50-47-44-41-38-34-26-23-20-17-14-11-8-5-2/h7,10,16,19,24-25,27-28,30-31,33,35,59H,4-6,8-9,11-15,17-18,20-23,26,29,32,34,36-58H2,1-3H3/b10-7-,19-16-,27-24-,28-25-,31-30-,35-33-. The van der Waals surface area contributed by atoms with Gasteiger partial charge in [0.25, 0.3) is 0 Å². The summed E-state index contributed by atoms with van der Waals surface area (Å²) in [5.74, 6) is -0.900. The van der Waals surface area contributed by atoms with Gasteiger partial charge in [-0.3, -0.25) is 14.4 Å². The molecule has 0 saturated carbocycles. The van der Waals surface area contributed by atoms with E-state index in [4.69, 9.17) is 14.2 Å². The smallest absolute Gasteiger partial charge is 0.306 e. The highest BCUT2D eigenvalue weighted by Crippen LogP contribution is 2.16. The molecule has 0 heterocycles. The van der Waals surface area contributed by atoms with Crippen LogP contribution in [0.1, 0.15) is 284 Å². The van der Waals surface area contributed by atoms with Gasteiger partial charge in [0.2, 0.25) is 0 Å². The summed E-state index contributed by atoms with van der Waals surface area (Å²) in [6, 6.07) is 0. The van der Waals surface area contributed by atoms with Crippen molar-refractivity contribution in [2.24, 2.45) is 0 Å². The third kappa shape index (κ3) is 53.8. The molecule has 0 aromatic rings. The van der Waals surface area contributed by atoms with Crippen LogP contribution in [0.25, 0.3) is 0 Å². The molecule has 1 atom stereocenters. The predicted octanol–water partition coefficient (Wildman–Crippen LogP) is 19.4. The minimum absolute atomic E-state index is 0.0838. The van der Waals surface area contributed by atoms with E-state index in [0.717, 1.165) is 116 Å². The van der Waals surface area contributed by atoms with E-state index < -0.39 is 6.10 Å². The number of hydrogen-bond donors (Lipinski definition) is 0. The lowest BCUT2D eigenvalue weighted by atomic mass is 10.0. The molecule has 0 aliphatic carbocycles. The Labute approximate surface area is 421 Å². The van der Waals surface area contributed by atoms with Crippen LogP contribution in [0.3, 0.4) is 0 Å². The molecule has 1 unspecified atom stereocenters. The summed E-state index contributed by atoms with van der Waals surface area (Å²) in [5.41, 5.74) is 0. The van der Waals surface area contributed by atoms with E-state index in [9.17, 15) is 14.4 Å². The zero-order valence-electron chi connectivity index (χ0n) is 44.9. The van der Waals surface area contributed by atoms with Crippen molar-refractivity contribution >= 4 is 17.9 Å². The van der Waals surface area contributed by atoms with Gasteiger partial charge in [0.05, 0.1) is 0 Å². The molecular formula is C62H108O6. The molecule has 6 nitrogen and oxygen atoms in total. The van der Waals surface area contributed by atoms with Gasteiger partial charge in [-0.25, -0.2) is 0 Å². The molecule has 0 aromatic carbocycles. The summed E-state index contributed by atoms with van der Waals surface area (Å²) in [7, 11) is 0. The van der Waals surface area contributed by atoms with Crippen LogP contribution in [0.2, 0.25) is 0 Å². The minimum Gasteiger partial charge on any atom is -0.462 e. The van der Waals surface area contributed by atoms with E-state index in [1.165, 1.54) is 128 Å². The van der Waals surface area contributed by atoms with Crippen molar-refractivity contribution in [1.82, 2.24) is 0 Å². The molecule has 68 heavy (non-hydrogen) atoms. The van der Waals surface area contributed by atoms with Crippen molar-refractivity contribution in [3.8, 4) is 0 Å². The first kappa shape index (κ1) is 64.8. The van der Waals surface area contributed by atoms with Crippen molar-refractivity contribution in [3.63, 3.8) is 0 Å². The zero-order chi connectivity index (χ0) is 49.3. The quantitative estimate of drug-likeness (QED) is 0.0262. The van der Waals surface area contributed by atoms with Gasteiger partial charge in [-0.15, -0.1) is 0 Å². The number of carbonyl (C=O) groups excluding carboxylic acids is 3. The summed E-state index contributed by atoms with van der Waals surface area (Å²) in [6.07, 6.45) is 71.7. The highest BCUT2D eigenvalue weighted by Gasteiger charge is 2.19. The van der Waals surface area contributed by atoms with E-state index >= 15 is 0 Å². The van der Waals surface area contributed by atoms with Gasteiger partial charge in [-0.05, 0) is 89.9 Å². The Morgan fingerprint density at radius 3 is 0.912 bits per heavy atom. The molecule has 0 bridgehead atoms. The topological polar surface area (TPSA) is 78.9 Å². The lowest BCUT2D eigenvalue weighted by Gasteiger charge is -2.18. The van der Waals surface area contributed by atoms with Crippen LogP contribution in [0.15, 0.2) is 72.9 Å². The summed E-state index contributed by atoms with van der Waals surface area (Å²) < 4.78 is 16.9. The summed E-state index contributed by atoms with van der Waals surface area (Å²) in [4.78, 5) is 38.2. The van der Waals surface area contributed by atoms with Gasteiger partial charge >= 0.3 is 17.9 Å². The first-order valence-corrected chi connectivity index (χ1v) is 28.9. The zero-order valence-corrected chi connectivity index (χ0v) is 44.9. The second-order valence-corrected chi connectivity index (χ2v) is 19.2. The number of hydrogen-bond acceptors (Lipinski definition) is 6. The molecule has 0 aliphatic heterocycles. The van der Waals surface area contributed by atoms with Gasteiger partial charge in [0.15, 0.2) is 6.10 Å². The van der Waals surface area contributed by atoms with E-state index in [2.05, 4.69) is 93.7 Å². The Kier molecular flexibility index (Phi) is 53.8. The van der Waals surface area contributed by atoms with E-state index in [0.29, 0.717) is 19.3 Å². The SMILES string of the molecule is CC/C=C\C/C=C\C/C=C\C/C=C\C/C=C\CCCCCCCC(=O)OCC(COC(=O)CCCCCCC/C=C\CCCCCCC)OC(=O)CCCCCCCCCCCCCCCCC. The Morgan fingerprint density at radius 1 is 0.309 bits per heavy atom. The van der Waals surface area contributed by atoms with Crippen molar-refractivity contribution in [2.75, 3.05) is 13.2 Å². The number of rotatable bonds is 52. The van der Waals surface area contributed by atoms with Crippen LogP contribution in [-0.2, 0) is 28.6 Å². The largest absolute Gasteiger partial charge is 0.462 e. The highest BCUT2D eigenvalue weighted by molar-refractivity contribution is 5.71. The average molecular weight is 950 g/mol. The lowest BCUT2D eigenvalue weighted by Crippen LogP contribution is -2.30. The first-order valence-electron chi connectivity index (χ1n) is 28.9. The van der Waals surface area contributed by atoms with E-state index in [1.54, 1.807) is 0 Å². The third-order valence-corrected chi connectivity index (χ3v) is 12.4. The second kappa shape index (κ2) is 56.4. The second-order valence-electron chi connectivity index (χ2n) is 19.2. The fraction of sp³-hybridized carbons (Fsp3) is 0.758. The maximum Gasteiger partial charge on any atom is 0.306 e. The van der Waals surface area contributed by atoms with E-state index in [-0.39, 0.29) is 31.1 Å². The molecule has 392 valence electrons. The van der Waals surface area contributed by atoms with E-state index in [1.807, 2.05) is 0 Å². The fourth-order valence-corrected chi connectivity index (χ4v) is 8.11. The normalized spacial score (nSPS) is 12.6. The maximum atomic E-state index is 12.8. The molecule has 6 heteroatoms. The Bertz CT molecular complexity index is 1270. The lowest BCUT2D eigenvalue weighted by molar-refractivity contribution is -0.167. The molecule has 0 amide bonds. The van der Waals surface area contributed by atoms with Crippen LogP contribution in [0, 0.1) is 0 Å². The van der Waals surface area contributed by atoms with Gasteiger partial charge in [-0.2, -0.15) is 0 Å². The van der Waals surface area contributed by atoms with Gasteiger partial charge < -0.3 is 14.2 Å². The van der Waals surface area contributed by atoms with Crippen molar-refractivity contribution < 1.29 is 28.6 Å². The van der Waals surface area contributed by atoms with Crippen LogP contribution >= 0.6 is 0 Å². The Hall–Kier alpha value is -3.15. The molecular weight excluding hydrogens is 841 g/mol. The van der Waals surface area contributed by atoms with Gasteiger partial charge in [-0.1, -0.05) is 248 Å². The molecule has 0 spiro atoms. The fourth-order valence-electron chi connectivity index (χ4n) is 8.11. The van der Waals surface area contributed by atoms with Crippen molar-refractivity contribution in [2.45, 2.75) is 290 Å².